The molecule has 0 aliphatic heterocycles. The number of fused-ring (bicyclic) bond motifs is 2. The smallest absolute Gasteiger partial charge is 0.135 e. The van der Waals surface area contributed by atoms with Gasteiger partial charge in [-0.05, 0) is 53.6 Å². The molecule has 7 heteroatoms. The molecule has 0 fully saturated rings. The minimum Gasteiger partial charge on any atom is -0.376 e. The number of nitrogens with zero attached hydrogens (tertiary/aromatic N) is 5. The second-order valence-electron chi connectivity index (χ2n) is 8.18. The number of rotatable bonds is 4. The van der Waals surface area contributed by atoms with Crippen LogP contribution >= 0.6 is 0 Å². The lowest BCUT2D eigenvalue weighted by atomic mass is 10.0. The summed E-state index contributed by atoms with van der Waals surface area (Å²) in [7, 11) is 4.00. The van der Waals surface area contributed by atoms with Crippen LogP contribution in [-0.4, -0.2) is 44.2 Å². The highest BCUT2D eigenvalue weighted by Crippen LogP contribution is 2.34. The van der Waals surface area contributed by atoms with Gasteiger partial charge in [0.2, 0.25) is 0 Å². The number of hydrogen-bond donors (Lipinski definition) is 2. The maximum absolute atomic E-state index is 4.95. The molecule has 0 spiro atoms. The monoisotopic (exact) mass is 431 g/mol. The second kappa shape index (κ2) is 7.56. The predicted molar refractivity (Wildman–Crippen MR) is 132 cm³/mol. The van der Waals surface area contributed by atoms with E-state index < -0.39 is 0 Å². The number of nitrogens with one attached hydrogen (secondary N) is 2. The lowest BCUT2D eigenvalue weighted by Crippen LogP contribution is -2.08. The molecule has 6 rings (SSSR count). The van der Waals surface area contributed by atoms with Gasteiger partial charge in [0.25, 0.3) is 0 Å². The van der Waals surface area contributed by atoms with Gasteiger partial charge in [-0.1, -0.05) is 12.1 Å². The minimum absolute atomic E-state index is 0.792. The Bertz CT molecular complexity index is 1600. The van der Waals surface area contributed by atoms with E-state index in [9.17, 15) is 0 Å². The molecule has 6 aromatic rings. The Labute approximate surface area is 190 Å². The van der Waals surface area contributed by atoms with Crippen molar-refractivity contribution >= 4 is 27.6 Å². The van der Waals surface area contributed by atoms with Crippen LogP contribution in [0.4, 0.5) is 5.69 Å². The van der Waals surface area contributed by atoms with E-state index in [2.05, 4.69) is 55.5 Å². The number of pyridine rings is 3. The summed E-state index contributed by atoms with van der Waals surface area (Å²) in [6.45, 7) is 0. The Kier molecular flexibility index (Phi) is 4.40. The number of benzene rings is 1. The van der Waals surface area contributed by atoms with Crippen molar-refractivity contribution in [1.82, 2.24) is 30.1 Å². The lowest BCUT2D eigenvalue weighted by Gasteiger charge is -2.12. The first-order valence-electron chi connectivity index (χ1n) is 10.7. The molecule has 0 amide bonds. The van der Waals surface area contributed by atoms with E-state index in [0.717, 1.165) is 61.4 Å². The van der Waals surface area contributed by atoms with Crippen molar-refractivity contribution in [1.29, 1.82) is 0 Å². The molecule has 0 aliphatic rings. The highest BCUT2D eigenvalue weighted by Gasteiger charge is 2.15. The predicted octanol–water partition coefficient (Wildman–Crippen LogP) is 5.30. The topological polar surface area (TPSA) is 86.4 Å². The van der Waals surface area contributed by atoms with Crippen LogP contribution in [0, 0.1) is 0 Å². The van der Waals surface area contributed by atoms with E-state index in [-0.39, 0.29) is 0 Å². The number of anilines is 1. The quantitative estimate of drug-likeness (QED) is 0.396. The summed E-state index contributed by atoms with van der Waals surface area (Å²) in [4.78, 5) is 19.0. The first-order chi connectivity index (χ1) is 16.2. The van der Waals surface area contributed by atoms with Crippen LogP contribution in [0.5, 0.6) is 0 Å². The van der Waals surface area contributed by atoms with Gasteiger partial charge < -0.3 is 9.88 Å². The van der Waals surface area contributed by atoms with Crippen molar-refractivity contribution in [3.8, 4) is 33.8 Å². The number of aromatic amines is 2. The van der Waals surface area contributed by atoms with Crippen LogP contribution in [0.15, 0.2) is 79.4 Å². The fraction of sp³-hybridized carbons (Fsp3) is 0.0769. The summed E-state index contributed by atoms with van der Waals surface area (Å²) in [6.07, 6.45) is 7.31. The third kappa shape index (κ3) is 3.30. The summed E-state index contributed by atoms with van der Waals surface area (Å²) in [5, 5.41) is 8.85. The highest BCUT2D eigenvalue weighted by molar-refractivity contribution is 6.00. The molecule has 160 valence electrons. The molecule has 0 atom stereocenters. The minimum atomic E-state index is 0.792. The van der Waals surface area contributed by atoms with Crippen molar-refractivity contribution in [2.24, 2.45) is 0 Å². The molecule has 0 unspecified atom stereocenters. The van der Waals surface area contributed by atoms with Gasteiger partial charge in [-0.2, -0.15) is 5.10 Å². The van der Waals surface area contributed by atoms with Gasteiger partial charge in [0.1, 0.15) is 11.2 Å². The van der Waals surface area contributed by atoms with Crippen LogP contribution in [0.2, 0.25) is 0 Å². The molecule has 0 bridgehead atoms. The summed E-state index contributed by atoms with van der Waals surface area (Å²) in [5.74, 6) is 0. The van der Waals surface area contributed by atoms with E-state index >= 15 is 0 Å². The SMILES string of the molecule is CN(C)c1cncc(-c2ccc3[nH]nc(-c4cc5c(-c6ccncc6)cccc5[nH]4)c3n2)c1. The summed E-state index contributed by atoms with van der Waals surface area (Å²) < 4.78 is 0. The molecule has 0 aliphatic carbocycles. The molecule has 1 aromatic carbocycles. The van der Waals surface area contributed by atoms with Crippen LogP contribution in [0.3, 0.4) is 0 Å². The zero-order chi connectivity index (χ0) is 22.4. The number of H-pyrrole nitrogens is 2. The van der Waals surface area contributed by atoms with Crippen molar-refractivity contribution < 1.29 is 0 Å². The Morgan fingerprint density at radius 3 is 2.55 bits per heavy atom. The highest BCUT2D eigenvalue weighted by atomic mass is 15.1. The van der Waals surface area contributed by atoms with E-state index in [1.807, 2.05) is 68.0 Å². The van der Waals surface area contributed by atoms with Crippen molar-refractivity contribution in [3.63, 3.8) is 0 Å². The summed E-state index contributed by atoms with van der Waals surface area (Å²) in [5.41, 5.74) is 9.60. The van der Waals surface area contributed by atoms with Gasteiger partial charge in [0, 0.05) is 49.2 Å². The zero-order valence-electron chi connectivity index (χ0n) is 18.2. The zero-order valence-corrected chi connectivity index (χ0v) is 18.2. The Hall–Kier alpha value is -4.52. The first-order valence-corrected chi connectivity index (χ1v) is 10.7. The largest absolute Gasteiger partial charge is 0.376 e. The van der Waals surface area contributed by atoms with Crippen molar-refractivity contribution in [3.05, 3.63) is 79.4 Å². The van der Waals surface area contributed by atoms with Crippen LogP contribution < -0.4 is 4.90 Å². The summed E-state index contributed by atoms with van der Waals surface area (Å²) >= 11 is 0. The third-order valence-electron chi connectivity index (χ3n) is 5.85. The van der Waals surface area contributed by atoms with Gasteiger partial charge >= 0.3 is 0 Å². The standard InChI is InChI=1S/C26H21N7/c1-33(2)18-12-17(14-28-15-18)21-6-7-23-25(30-21)26(32-31-23)24-13-20-19(4-3-5-22(20)29-24)16-8-10-27-11-9-16/h3-15,29H,1-2H3,(H,31,32). The van der Waals surface area contributed by atoms with Gasteiger partial charge in [0.05, 0.1) is 28.8 Å². The molecule has 0 saturated carbocycles. The molecule has 5 aromatic heterocycles. The van der Waals surface area contributed by atoms with Gasteiger partial charge in [0.15, 0.2) is 0 Å². The Morgan fingerprint density at radius 2 is 1.70 bits per heavy atom. The number of aromatic nitrogens is 6. The third-order valence-corrected chi connectivity index (χ3v) is 5.85. The summed E-state index contributed by atoms with van der Waals surface area (Å²) in [6, 6.07) is 18.5. The fourth-order valence-electron chi connectivity index (χ4n) is 4.13. The maximum Gasteiger partial charge on any atom is 0.135 e. The molecule has 5 heterocycles. The fourth-order valence-corrected chi connectivity index (χ4v) is 4.13. The molecular formula is C26H21N7. The lowest BCUT2D eigenvalue weighted by molar-refractivity contribution is 1.11. The van der Waals surface area contributed by atoms with E-state index in [1.54, 1.807) is 0 Å². The van der Waals surface area contributed by atoms with Crippen LogP contribution in [0.25, 0.3) is 55.7 Å². The normalized spacial score (nSPS) is 11.3. The number of hydrogen-bond acceptors (Lipinski definition) is 5. The molecule has 2 N–H and O–H groups in total. The Balaban J connectivity index is 1.48. The van der Waals surface area contributed by atoms with Crippen LogP contribution in [0.1, 0.15) is 0 Å². The molecular weight excluding hydrogens is 410 g/mol. The van der Waals surface area contributed by atoms with E-state index in [4.69, 9.17) is 4.98 Å². The molecule has 33 heavy (non-hydrogen) atoms. The average Bonchev–Trinajstić information content (AvgIpc) is 3.48. The van der Waals surface area contributed by atoms with E-state index in [0.29, 0.717) is 0 Å². The molecule has 0 saturated heterocycles. The molecule has 0 radical (unpaired) electrons. The van der Waals surface area contributed by atoms with Crippen molar-refractivity contribution in [2.45, 2.75) is 0 Å². The maximum atomic E-state index is 4.95. The van der Waals surface area contributed by atoms with Crippen LogP contribution in [-0.2, 0) is 0 Å². The van der Waals surface area contributed by atoms with Gasteiger partial charge in [-0.15, -0.1) is 0 Å². The van der Waals surface area contributed by atoms with Gasteiger partial charge in [-0.3, -0.25) is 15.1 Å². The van der Waals surface area contributed by atoms with Gasteiger partial charge in [-0.25, -0.2) is 4.98 Å². The first kappa shape index (κ1) is 19.2. The van der Waals surface area contributed by atoms with E-state index in [1.165, 1.54) is 0 Å². The molecule has 7 nitrogen and oxygen atoms in total. The van der Waals surface area contributed by atoms with Crippen molar-refractivity contribution in [2.75, 3.05) is 19.0 Å². The Morgan fingerprint density at radius 1 is 0.818 bits per heavy atom. The average molecular weight is 432 g/mol. The second-order valence-corrected chi connectivity index (χ2v) is 8.18.